The van der Waals surface area contributed by atoms with E-state index in [9.17, 15) is 4.79 Å². The van der Waals surface area contributed by atoms with Crippen molar-refractivity contribution in [2.75, 3.05) is 19.7 Å². The van der Waals surface area contributed by atoms with E-state index in [1.807, 2.05) is 25.1 Å². The minimum atomic E-state index is -0.0626. The van der Waals surface area contributed by atoms with E-state index in [0.29, 0.717) is 31.0 Å². The summed E-state index contributed by atoms with van der Waals surface area (Å²) in [6.07, 6.45) is 3.32. The van der Waals surface area contributed by atoms with Crippen LogP contribution in [-0.2, 0) is 0 Å². The van der Waals surface area contributed by atoms with Crippen LogP contribution in [0.5, 0.6) is 5.75 Å². The van der Waals surface area contributed by atoms with E-state index in [-0.39, 0.29) is 11.3 Å². The minimum Gasteiger partial charge on any atom is -0.493 e. The summed E-state index contributed by atoms with van der Waals surface area (Å²) in [5.74, 6) is 0.582. The maximum Gasteiger partial charge on any atom is 0.255 e. The molecule has 4 nitrogen and oxygen atoms in total. The standard InChI is InChI=1S/C15H22N2O2/c1-2-19-13-6-4-3-5-12(13)14(18)17-11-15(7-8-15)9-10-16/h3-6H,2,7-11,16H2,1H3,(H,17,18). The Balaban J connectivity index is 1.96. The highest BCUT2D eigenvalue weighted by molar-refractivity contribution is 5.96. The topological polar surface area (TPSA) is 64.3 Å². The van der Waals surface area contributed by atoms with E-state index < -0.39 is 0 Å². The van der Waals surface area contributed by atoms with Gasteiger partial charge in [-0.15, -0.1) is 0 Å². The summed E-state index contributed by atoms with van der Waals surface area (Å²) < 4.78 is 5.47. The van der Waals surface area contributed by atoms with Gasteiger partial charge >= 0.3 is 0 Å². The van der Waals surface area contributed by atoms with Crippen LogP contribution in [0.3, 0.4) is 0 Å². The summed E-state index contributed by atoms with van der Waals surface area (Å²) in [4.78, 5) is 12.2. The van der Waals surface area contributed by atoms with Crippen molar-refractivity contribution in [3.63, 3.8) is 0 Å². The van der Waals surface area contributed by atoms with Gasteiger partial charge < -0.3 is 15.8 Å². The SMILES string of the molecule is CCOc1ccccc1C(=O)NCC1(CCN)CC1. The van der Waals surface area contributed by atoms with Crippen molar-refractivity contribution >= 4 is 5.91 Å². The molecule has 0 radical (unpaired) electrons. The van der Waals surface area contributed by atoms with Gasteiger partial charge in [0, 0.05) is 6.54 Å². The van der Waals surface area contributed by atoms with E-state index in [0.717, 1.165) is 19.3 Å². The van der Waals surface area contributed by atoms with Crippen LogP contribution >= 0.6 is 0 Å². The molecule has 0 atom stereocenters. The van der Waals surface area contributed by atoms with Crippen LogP contribution in [0.15, 0.2) is 24.3 Å². The van der Waals surface area contributed by atoms with E-state index in [1.165, 1.54) is 0 Å². The number of carbonyl (C=O) groups is 1. The molecule has 0 aliphatic heterocycles. The predicted octanol–water partition coefficient (Wildman–Crippen LogP) is 1.94. The van der Waals surface area contributed by atoms with Gasteiger partial charge in [0.05, 0.1) is 12.2 Å². The highest BCUT2D eigenvalue weighted by Gasteiger charge is 2.41. The Bertz CT molecular complexity index is 442. The van der Waals surface area contributed by atoms with E-state index in [2.05, 4.69) is 5.32 Å². The highest BCUT2D eigenvalue weighted by Crippen LogP contribution is 2.47. The summed E-state index contributed by atoms with van der Waals surface area (Å²) in [6.45, 7) is 3.87. The number of amides is 1. The lowest BCUT2D eigenvalue weighted by Crippen LogP contribution is -2.31. The Hall–Kier alpha value is -1.55. The van der Waals surface area contributed by atoms with Crippen molar-refractivity contribution < 1.29 is 9.53 Å². The largest absolute Gasteiger partial charge is 0.493 e. The Morgan fingerprint density at radius 1 is 1.42 bits per heavy atom. The lowest BCUT2D eigenvalue weighted by atomic mass is 10.0. The average Bonchev–Trinajstić information content (AvgIpc) is 3.18. The average molecular weight is 262 g/mol. The van der Waals surface area contributed by atoms with Gasteiger partial charge in [-0.2, -0.15) is 0 Å². The molecule has 19 heavy (non-hydrogen) atoms. The molecule has 0 heterocycles. The van der Waals surface area contributed by atoms with Crippen molar-refractivity contribution in [1.29, 1.82) is 0 Å². The zero-order valence-electron chi connectivity index (χ0n) is 11.4. The van der Waals surface area contributed by atoms with Gasteiger partial charge in [0.1, 0.15) is 5.75 Å². The molecule has 1 aromatic rings. The van der Waals surface area contributed by atoms with Gasteiger partial charge in [-0.1, -0.05) is 12.1 Å². The maximum atomic E-state index is 12.2. The van der Waals surface area contributed by atoms with Gasteiger partial charge in [0.15, 0.2) is 0 Å². The fraction of sp³-hybridized carbons (Fsp3) is 0.533. The number of para-hydroxylation sites is 1. The molecular weight excluding hydrogens is 240 g/mol. The molecular formula is C15H22N2O2. The first-order valence-electron chi connectivity index (χ1n) is 6.91. The molecule has 2 rings (SSSR count). The van der Waals surface area contributed by atoms with Crippen molar-refractivity contribution in [3.8, 4) is 5.75 Å². The third-order valence-corrected chi connectivity index (χ3v) is 3.69. The molecule has 3 N–H and O–H groups in total. The van der Waals surface area contributed by atoms with Crippen molar-refractivity contribution in [1.82, 2.24) is 5.32 Å². The van der Waals surface area contributed by atoms with Crippen LogP contribution in [0.25, 0.3) is 0 Å². The van der Waals surface area contributed by atoms with Gasteiger partial charge in [0.25, 0.3) is 5.91 Å². The zero-order valence-corrected chi connectivity index (χ0v) is 11.4. The van der Waals surface area contributed by atoms with E-state index in [1.54, 1.807) is 6.07 Å². The second kappa shape index (κ2) is 6.06. The Kier molecular flexibility index (Phi) is 4.43. The summed E-state index contributed by atoms with van der Waals surface area (Å²) in [5.41, 5.74) is 6.46. The van der Waals surface area contributed by atoms with Gasteiger partial charge in [-0.05, 0) is 50.3 Å². The lowest BCUT2D eigenvalue weighted by molar-refractivity contribution is 0.0940. The van der Waals surface area contributed by atoms with Crippen LogP contribution < -0.4 is 15.8 Å². The fourth-order valence-electron chi connectivity index (χ4n) is 2.30. The molecule has 0 bridgehead atoms. The summed E-state index contributed by atoms with van der Waals surface area (Å²) in [7, 11) is 0. The smallest absolute Gasteiger partial charge is 0.255 e. The normalized spacial score (nSPS) is 15.9. The van der Waals surface area contributed by atoms with Gasteiger partial charge in [0.2, 0.25) is 0 Å². The quantitative estimate of drug-likeness (QED) is 0.789. The van der Waals surface area contributed by atoms with Crippen LogP contribution in [0.4, 0.5) is 0 Å². The number of nitrogens with two attached hydrogens (primary N) is 1. The van der Waals surface area contributed by atoms with Crippen molar-refractivity contribution in [3.05, 3.63) is 29.8 Å². The molecule has 1 amide bonds. The lowest BCUT2D eigenvalue weighted by Gasteiger charge is -2.16. The fourth-order valence-corrected chi connectivity index (χ4v) is 2.30. The minimum absolute atomic E-state index is 0.0626. The first-order chi connectivity index (χ1) is 9.21. The molecule has 1 fully saturated rings. The van der Waals surface area contributed by atoms with Crippen molar-refractivity contribution in [2.45, 2.75) is 26.2 Å². The molecule has 1 aliphatic carbocycles. The molecule has 4 heteroatoms. The molecule has 1 aromatic carbocycles. The van der Waals surface area contributed by atoms with Gasteiger partial charge in [-0.3, -0.25) is 4.79 Å². The number of benzene rings is 1. The number of hydrogen-bond donors (Lipinski definition) is 2. The molecule has 0 unspecified atom stereocenters. The van der Waals surface area contributed by atoms with E-state index >= 15 is 0 Å². The third kappa shape index (κ3) is 3.47. The zero-order chi connectivity index (χ0) is 13.7. The Morgan fingerprint density at radius 2 is 2.16 bits per heavy atom. The molecule has 1 saturated carbocycles. The number of rotatable bonds is 7. The second-order valence-electron chi connectivity index (χ2n) is 5.15. The maximum absolute atomic E-state index is 12.2. The summed E-state index contributed by atoms with van der Waals surface area (Å²) in [5, 5.41) is 3.01. The number of nitrogens with one attached hydrogen (secondary N) is 1. The Morgan fingerprint density at radius 3 is 2.79 bits per heavy atom. The van der Waals surface area contributed by atoms with Crippen molar-refractivity contribution in [2.24, 2.45) is 11.1 Å². The van der Waals surface area contributed by atoms with Crippen LogP contribution in [0, 0.1) is 5.41 Å². The number of hydrogen-bond acceptors (Lipinski definition) is 3. The first-order valence-corrected chi connectivity index (χ1v) is 6.91. The number of carbonyl (C=O) groups excluding carboxylic acids is 1. The first kappa shape index (κ1) is 13.9. The van der Waals surface area contributed by atoms with Crippen LogP contribution in [0.1, 0.15) is 36.5 Å². The van der Waals surface area contributed by atoms with Crippen LogP contribution in [-0.4, -0.2) is 25.6 Å². The monoisotopic (exact) mass is 262 g/mol. The molecule has 104 valence electrons. The van der Waals surface area contributed by atoms with Crippen LogP contribution in [0.2, 0.25) is 0 Å². The molecule has 0 saturated heterocycles. The Labute approximate surface area is 114 Å². The second-order valence-corrected chi connectivity index (χ2v) is 5.15. The highest BCUT2D eigenvalue weighted by atomic mass is 16.5. The predicted molar refractivity (Wildman–Crippen MR) is 75.3 cm³/mol. The van der Waals surface area contributed by atoms with Gasteiger partial charge in [-0.25, -0.2) is 0 Å². The summed E-state index contributed by atoms with van der Waals surface area (Å²) in [6, 6.07) is 7.34. The molecule has 0 aromatic heterocycles. The van der Waals surface area contributed by atoms with E-state index in [4.69, 9.17) is 10.5 Å². The summed E-state index contributed by atoms with van der Waals surface area (Å²) >= 11 is 0. The molecule has 1 aliphatic rings. The number of ether oxygens (including phenoxy) is 1. The third-order valence-electron chi connectivity index (χ3n) is 3.69. The molecule has 0 spiro atoms.